The van der Waals surface area contributed by atoms with Gasteiger partial charge in [0.15, 0.2) is 0 Å². The first-order chi connectivity index (χ1) is 7.29. The van der Waals surface area contributed by atoms with Crippen molar-refractivity contribution in [2.75, 3.05) is 6.61 Å². The summed E-state index contributed by atoms with van der Waals surface area (Å²) in [5.41, 5.74) is 1.38. The van der Waals surface area contributed by atoms with Crippen LogP contribution in [0.4, 0.5) is 0 Å². The van der Waals surface area contributed by atoms with E-state index in [1.165, 1.54) is 19.3 Å². The van der Waals surface area contributed by atoms with Gasteiger partial charge in [0.25, 0.3) is 0 Å². The van der Waals surface area contributed by atoms with Crippen molar-refractivity contribution in [1.29, 1.82) is 0 Å². The first-order valence-electron chi connectivity index (χ1n) is 6.91. The second kappa shape index (κ2) is 2.03. The van der Waals surface area contributed by atoms with E-state index in [2.05, 4.69) is 6.92 Å². The molecule has 5 fully saturated rings. The minimum Gasteiger partial charge on any atom is -0.377 e. The Labute approximate surface area is 91.6 Å². The van der Waals surface area contributed by atoms with Crippen LogP contribution < -0.4 is 0 Å². The van der Waals surface area contributed by atoms with Crippen LogP contribution in [0.2, 0.25) is 0 Å². The smallest absolute Gasteiger partial charge is 0.0666 e. The summed E-state index contributed by atoms with van der Waals surface area (Å²) in [4.78, 5) is 0. The number of fused-ring (bicyclic) bond motifs is 5. The zero-order chi connectivity index (χ0) is 9.84. The summed E-state index contributed by atoms with van der Waals surface area (Å²) in [6.07, 6.45) is 8.14. The minimum absolute atomic E-state index is 0.594. The molecular weight excluding hydrogens is 184 g/mol. The second-order valence-corrected chi connectivity index (χ2v) is 7.09. The van der Waals surface area contributed by atoms with E-state index >= 15 is 0 Å². The molecule has 1 spiro atoms. The molecule has 0 N–H and O–H groups in total. The van der Waals surface area contributed by atoms with E-state index in [1.54, 1.807) is 12.8 Å². The van der Waals surface area contributed by atoms with E-state index in [0.717, 1.165) is 35.7 Å². The zero-order valence-electron chi connectivity index (χ0n) is 9.54. The third-order valence-electron chi connectivity index (χ3n) is 7.13. The molecule has 1 saturated heterocycles. The van der Waals surface area contributed by atoms with Gasteiger partial charge in [-0.2, -0.15) is 0 Å². The van der Waals surface area contributed by atoms with Gasteiger partial charge in [0.1, 0.15) is 0 Å². The lowest BCUT2D eigenvalue weighted by Crippen LogP contribution is -2.48. The molecule has 82 valence electrons. The number of ether oxygens (including phenoxy) is 1. The first-order valence-corrected chi connectivity index (χ1v) is 6.91. The molecule has 15 heavy (non-hydrogen) atoms. The fraction of sp³-hybridized carbons (Fsp3) is 1.00. The van der Waals surface area contributed by atoms with Crippen LogP contribution in [-0.2, 0) is 4.74 Å². The van der Waals surface area contributed by atoms with Gasteiger partial charge in [0, 0.05) is 12.0 Å². The maximum absolute atomic E-state index is 6.14. The van der Waals surface area contributed by atoms with Gasteiger partial charge in [-0.1, -0.05) is 13.3 Å². The second-order valence-electron chi connectivity index (χ2n) is 7.09. The van der Waals surface area contributed by atoms with Crippen molar-refractivity contribution < 1.29 is 4.74 Å². The van der Waals surface area contributed by atoms with Crippen molar-refractivity contribution in [3.63, 3.8) is 0 Å². The lowest BCUT2D eigenvalue weighted by molar-refractivity contribution is -0.0765. The highest BCUT2D eigenvalue weighted by Crippen LogP contribution is 2.88. The molecule has 7 atom stereocenters. The molecule has 7 unspecified atom stereocenters. The number of hydrogen-bond acceptors (Lipinski definition) is 1. The van der Waals surface area contributed by atoms with Crippen LogP contribution >= 0.6 is 0 Å². The molecular formula is C14H20O. The van der Waals surface area contributed by atoms with Crippen molar-refractivity contribution in [3.8, 4) is 0 Å². The molecule has 0 aromatic carbocycles. The van der Waals surface area contributed by atoms with Crippen molar-refractivity contribution in [3.05, 3.63) is 0 Å². The number of hydrogen-bond donors (Lipinski definition) is 0. The normalized spacial score (nSPS) is 73.0. The minimum atomic E-state index is 0.594. The summed E-state index contributed by atoms with van der Waals surface area (Å²) in [7, 11) is 0. The lowest BCUT2D eigenvalue weighted by Gasteiger charge is -2.51. The molecule has 0 aromatic heterocycles. The summed E-state index contributed by atoms with van der Waals surface area (Å²) in [5.74, 6) is 4.37. The van der Waals surface area contributed by atoms with E-state index in [9.17, 15) is 0 Å². The van der Waals surface area contributed by atoms with Gasteiger partial charge >= 0.3 is 0 Å². The highest BCUT2D eigenvalue weighted by molar-refractivity contribution is 5.32. The fourth-order valence-corrected chi connectivity index (χ4v) is 6.87. The molecule has 1 nitrogen and oxygen atoms in total. The molecule has 0 aromatic rings. The summed E-state index contributed by atoms with van der Waals surface area (Å²) >= 11 is 0. The topological polar surface area (TPSA) is 9.23 Å². The average molecular weight is 204 g/mol. The van der Waals surface area contributed by atoms with E-state index in [0.29, 0.717) is 11.5 Å². The van der Waals surface area contributed by atoms with Gasteiger partial charge in [0.05, 0.1) is 6.10 Å². The SMILES string of the molecule is CC12CCCC13C1CC1C3C1CCOC12. The van der Waals surface area contributed by atoms with Crippen molar-refractivity contribution in [2.45, 2.75) is 45.1 Å². The van der Waals surface area contributed by atoms with Gasteiger partial charge in [0.2, 0.25) is 0 Å². The van der Waals surface area contributed by atoms with E-state index in [-0.39, 0.29) is 0 Å². The van der Waals surface area contributed by atoms with Crippen molar-refractivity contribution in [1.82, 2.24) is 0 Å². The molecule has 0 amide bonds. The van der Waals surface area contributed by atoms with Gasteiger partial charge in [-0.25, -0.2) is 0 Å². The molecule has 5 rings (SSSR count). The standard InChI is InChI=1S/C14H20O/c1-13-4-2-5-14(13)10-7-9(10)11(14)8-3-6-15-12(8)13/h8-12H,2-7H2,1H3. The average Bonchev–Trinajstić information content (AvgIpc) is 2.59. The third kappa shape index (κ3) is 0.574. The predicted molar refractivity (Wildman–Crippen MR) is 57.3 cm³/mol. The molecule has 1 heterocycles. The Bertz CT molecular complexity index is 351. The van der Waals surface area contributed by atoms with Crippen LogP contribution in [0.1, 0.15) is 39.0 Å². The van der Waals surface area contributed by atoms with E-state index < -0.39 is 0 Å². The molecule has 1 heteroatoms. The van der Waals surface area contributed by atoms with Gasteiger partial charge in [-0.3, -0.25) is 0 Å². The van der Waals surface area contributed by atoms with Gasteiger partial charge < -0.3 is 4.74 Å². The highest BCUT2D eigenvalue weighted by atomic mass is 16.5. The Kier molecular flexibility index (Phi) is 1.10. The van der Waals surface area contributed by atoms with Crippen LogP contribution in [0.25, 0.3) is 0 Å². The molecule has 4 saturated carbocycles. The summed E-state index contributed by atoms with van der Waals surface area (Å²) in [6.45, 7) is 3.65. The fourth-order valence-electron chi connectivity index (χ4n) is 6.87. The van der Waals surface area contributed by atoms with Crippen LogP contribution in [0, 0.1) is 34.5 Å². The summed E-state index contributed by atoms with van der Waals surface area (Å²) in [6, 6.07) is 0. The molecule has 0 radical (unpaired) electrons. The lowest BCUT2D eigenvalue weighted by atomic mass is 9.53. The Morgan fingerprint density at radius 2 is 2.13 bits per heavy atom. The molecule has 5 aliphatic rings. The quantitative estimate of drug-likeness (QED) is 0.589. The van der Waals surface area contributed by atoms with Crippen LogP contribution in [-0.4, -0.2) is 12.7 Å². The molecule has 4 aliphatic carbocycles. The summed E-state index contributed by atoms with van der Waals surface area (Å²) < 4.78 is 6.14. The Morgan fingerprint density at radius 1 is 1.20 bits per heavy atom. The van der Waals surface area contributed by atoms with Crippen LogP contribution in [0.5, 0.6) is 0 Å². The molecule has 0 bridgehead atoms. The Hall–Kier alpha value is -0.0400. The zero-order valence-corrected chi connectivity index (χ0v) is 9.54. The third-order valence-corrected chi connectivity index (χ3v) is 7.13. The maximum atomic E-state index is 6.14. The maximum Gasteiger partial charge on any atom is 0.0666 e. The van der Waals surface area contributed by atoms with E-state index in [1.807, 2.05) is 0 Å². The Morgan fingerprint density at radius 3 is 3.07 bits per heavy atom. The van der Waals surface area contributed by atoms with Crippen molar-refractivity contribution in [2.24, 2.45) is 34.5 Å². The molecule has 1 aliphatic heterocycles. The Balaban J connectivity index is 1.72. The van der Waals surface area contributed by atoms with Crippen molar-refractivity contribution >= 4 is 0 Å². The highest BCUT2D eigenvalue weighted by Gasteiger charge is 2.84. The first kappa shape index (κ1) is 8.11. The largest absolute Gasteiger partial charge is 0.377 e. The van der Waals surface area contributed by atoms with E-state index in [4.69, 9.17) is 4.74 Å². The number of rotatable bonds is 0. The van der Waals surface area contributed by atoms with Gasteiger partial charge in [-0.15, -0.1) is 0 Å². The monoisotopic (exact) mass is 204 g/mol. The predicted octanol–water partition coefficient (Wildman–Crippen LogP) is 2.85. The summed E-state index contributed by atoms with van der Waals surface area (Å²) in [5, 5.41) is 0. The van der Waals surface area contributed by atoms with Crippen LogP contribution in [0.15, 0.2) is 0 Å². The van der Waals surface area contributed by atoms with Crippen LogP contribution in [0.3, 0.4) is 0 Å². The van der Waals surface area contributed by atoms with Gasteiger partial charge in [-0.05, 0) is 54.8 Å².